The van der Waals surface area contributed by atoms with Gasteiger partial charge >= 0.3 is 0 Å². The molecule has 1 unspecified atom stereocenters. The van der Waals surface area contributed by atoms with Crippen LogP contribution in [-0.2, 0) is 6.54 Å². The summed E-state index contributed by atoms with van der Waals surface area (Å²) in [6.45, 7) is 2.74. The minimum absolute atomic E-state index is 0.101. The van der Waals surface area contributed by atoms with Crippen LogP contribution in [0.25, 0.3) is 5.69 Å². The van der Waals surface area contributed by atoms with Gasteiger partial charge in [0.15, 0.2) is 0 Å². The normalized spacial score (nSPS) is 14.8. The molecule has 0 saturated heterocycles. The lowest BCUT2D eigenvalue weighted by molar-refractivity contribution is 0.0910. The number of hydrogen-bond donors (Lipinski definition) is 1. The van der Waals surface area contributed by atoms with Crippen LogP contribution in [0.2, 0.25) is 5.02 Å². The van der Waals surface area contributed by atoms with Gasteiger partial charge in [0.1, 0.15) is 24.7 Å². The number of ether oxygens (including phenoxy) is 1. The van der Waals surface area contributed by atoms with Gasteiger partial charge in [0.25, 0.3) is 5.91 Å². The van der Waals surface area contributed by atoms with Crippen molar-refractivity contribution in [2.45, 2.75) is 19.5 Å². The zero-order valence-corrected chi connectivity index (χ0v) is 17.6. The average Bonchev–Trinajstić information content (AvgIpc) is 3.41. The molecule has 2 aromatic heterocycles. The second-order valence-corrected chi connectivity index (χ2v) is 7.82. The molecule has 0 aliphatic carbocycles. The highest BCUT2D eigenvalue weighted by Gasteiger charge is 2.26. The highest BCUT2D eigenvalue weighted by Crippen LogP contribution is 2.31. The highest BCUT2D eigenvalue weighted by molar-refractivity contribution is 6.31. The third-order valence-corrected chi connectivity index (χ3v) is 5.74. The zero-order valence-electron chi connectivity index (χ0n) is 16.8. The molecule has 4 aromatic rings. The third kappa shape index (κ3) is 3.68. The third-order valence-electron chi connectivity index (χ3n) is 5.39. The molecular formula is C23H20ClN5O2. The maximum atomic E-state index is 12.9. The first-order valence-electron chi connectivity index (χ1n) is 9.94. The van der Waals surface area contributed by atoms with Gasteiger partial charge in [0.05, 0.1) is 12.2 Å². The first-order valence-corrected chi connectivity index (χ1v) is 10.3. The number of para-hydroxylation sites is 2. The van der Waals surface area contributed by atoms with Crippen LogP contribution in [0, 0.1) is 6.92 Å². The van der Waals surface area contributed by atoms with Crippen LogP contribution in [-0.4, -0.2) is 31.8 Å². The fourth-order valence-electron chi connectivity index (χ4n) is 3.78. The fraction of sp³-hybridized carbons (Fsp3) is 0.174. The monoisotopic (exact) mass is 433 g/mol. The van der Waals surface area contributed by atoms with Crippen molar-refractivity contribution >= 4 is 17.5 Å². The second kappa shape index (κ2) is 7.92. The number of nitrogens with zero attached hydrogens (tertiary/aromatic N) is 4. The van der Waals surface area contributed by atoms with Crippen molar-refractivity contribution in [1.29, 1.82) is 0 Å². The largest absolute Gasteiger partial charge is 0.489 e. The lowest BCUT2D eigenvalue weighted by Gasteiger charge is -2.16. The first-order chi connectivity index (χ1) is 15.1. The minimum Gasteiger partial charge on any atom is -0.489 e. The molecular weight excluding hydrogens is 414 g/mol. The first kappa shape index (κ1) is 19.4. The van der Waals surface area contributed by atoms with E-state index in [-0.39, 0.29) is 17.8 Å². The predicted octanol–water partition coefficient (Wildman–Crippen LogP) is 3.94. The lowest BCUT2D eigenvalue weighted by Crippen LogP contribution is -2.33. The molecule has 8 heteroatoms. The number of aryl methyl sites for hydroxylation is 1. The summed E-state index contributed by atoms with van der Waals surface area (Å²) >= 11 is 6.31. The van der Waals surface area contributed by atoms with Crippen molar-refractivity contribution in [3.8, 4) is 11.4 Å². The number of rotatable bonds is 4. The summed E-state index contributed by atoms with van der Waals surface area (Å²) < 4.78 is 9.60. The molecule has 1 aliphatic heterocycles. The van der Waals surface area contributed by atoms with E-state index < -0.39 is 0 Å². The van der Waals surface area contributed by atoms with Gasteiger partial charge in [-0.3, -0.25) is 4.79 Å². The van der Waals surface area contributed by atoms with Crippen molar-refractivity contribution in [2.75, 3.05) is 6.61 Å². The number of hydrogen-bond acceptors (Lipinski definition) is 4. The molecule has 2 aromatic carbocycles. The van der Waals surface area contributed by atoms with E-state index in [4.69, 9.17) is 16.3 Å². The van der Waals surface area contributed by atoms with Crippen LogP contribution in [0.4, 0.5) is 0 Å². The Morgan fingerprint density at radius 2 is 2.06 bits per heavy atom. The Morgan fingerprint density at radius 1 is 1.19 bits per heavy atom. The Morgan fingerprint density at radius 3 is 2.94 bits per heavy atom. The number of amides is 1. The second-order valence-electron chi connectivity index (χ2n) is 7.41. The zero-order chi connectivity index (χ0) is 21.4. The summed E-state index contributed by atoms with van der Waals surface area (Å²) in [4.78, 5) is 17.1. The van der Waals surface area contributed by atoms with E-state index in [1.807, 2.05) is 72.3 Å². The number of benzene rings is 2. The van der Waals surface area contributed by atoms with E-state index >= 15 is 0 Å². The lowest BCUT2D eigenvalue weighted by atomic mass is 10.1. The van der Waals surface area contributed by atoms with Gasteiger partial charge in [-0.25, -0.2) is 9.67 Å². The van der Waals surface area contributed by atoms with Gasteiger partial charge in [-0.05, 0) is 48.4 Å². The number of aromatic nitrogens is 4. The van der Waals surface area contributed by atoms with Crippen LogP contribution >= 0.6 is 11.6 Å². The van der Waals surface area contributed by atoms with E-state index in [2.05, 4.69) is 15.4 Å². The Bertz CT molecular complexity index is 1240. The van der Waals surface area contributed by atoms with Crippen molar-refractivity contribution in [3.63, 3.8) is 0 Å². The number of carbonyl (C=O) groups excluding carboxylic acids is 1. The quantitative estimate of drug-likeness (QED) is 0.529. The molecule has 1 amide bonds. The molecule has 1 aliphatic rings. The van der Waals surface area contributed by atoms with Gasteiger partial charge in [0, 0.05) is 16.9 Å². The molecule has 7 nitrogen and oxygen atoms in total. The number of carbonyl (C=O) groups is 1. The summed E-state index contributed by atoms with van der Waals surface area (Å²) in [5.74, 6) is 0.515. The van der Waals surface area contributed by atoms with Gasteiger partial charge in [0.2, 0.25) is 5.82 Å². The van der Waals surface area contributed by atoms with E-state index in [9.17, 15) is 4.79 Å². The molecule has 0 fully saturated rings. The van der Waals surface area contributed by atoms with Crippen LogP contribution in [0.15, 0.2) is 67.1 Å². The van der Waals surface area contributed by atoms with Crippen LogP contribution in [0.3, 0.4) is 0 Å². The smallest absolute Gasteiger partial charge is 0.291 e. The standard InChI is InChI=1S/C23H20ClN5O2/c1-15-6-4-7-17(24)16(15)12-28-14-25-22(27-28)23(30)26-18-13-31-21-10-3-2-8-20(21)29-11-5-9-19(18)29/h2-11,14,18H,12-13H2,1H3,(H,26,30). The molecule has 1 atom stereocenters. The Kier molecular flexibility index (Phi) is 4.95. The maximum absolute atomic E-state index is 12.9. The Hall–Kier alpha value is -3.58. The van der Waals surface area contributed by atoms with E-state index in [0.29, 0.717) is 18.2 Å². The number of fused-ring (bicyclic) bond motifs is 3. The van der Waals surface area contributed by atoms with Gasteiger partial charge in [-0.2, -0.15) is 0 Å². The minimum atomic E-state index is -0.359. The Balaban J connectivity index is 1.35. The predicted molar refractivity (Wildman–Crippen MR) is 117 cm³/mol. The van der Waals surface area contributed by atoms with Gasteiger partial charge in [-0.15, -0.1) is 5.10 Å². The topological polar surface area (TPSA) is 74.0 Å². The maximum Gasteiger partial charge on any atom is 0.291 e. The van der Waals surface area contributed by atoms with E-state index in [1.165, 1.54) is 0 Å². The molecule has 0 saturated carbocycles. The molecule has 0 radical (unpaired) electrons. The summed E-state index contributed by atoms with van der Waals surface area (Å²) in [5.41, 5.74) is 3.89. The number of nitrogens with one attached hydrogen (secondary N) is 1. The van der Waals surface area contributed by atoms with Crippen molar-refractivity contribution in [1.82, 2.24) is 24.6 Å². The molecule has 0 spiro atoms. The molecule has 156 valence electrons. The molecule has 1 N–H and O–H groups in total. The summed E-state index contributed by atoms with van der Waals surface area (Å²) in [6, 6.07) is 17.1. The van der Waals surface area contributed by atoms with Crippen LogP contribution in [0.5, 0.6) is 5.75 Å². The molecule has 31 heavy (non-hydrogen) atoms. The van der Waals surface area contributed by atoms with E-state index in [1.54, 1.807) is 11.0 Å². The molecule has 0 bridgehead atoms. The number of halogens is 1. The average molecular weight is 434 g/mol. The SMILES string of the molecule is Cc1cccc(Cl)c1Cn1cnc(C(=O)NC2COc3ccccc3-n3cccc32)n1. The van der Waals surface area contributed by atoms with Crippen LogP contribution < -0.4 is 10.1 Å². The van der Waals surface area contributed by atoms with Crippen molar-refractivity contribution < 1.29 is 9.53 Å². The Labute approximate surface area is 184 Å². The van der Waals surface area contributed by atoms with E-state index in [0.717, 1.165) is 28.3 Å². The van der Waals surface area contributed by atoms with Crippen molar-refractivity contribution in [3.05, 3.63) is 94.8 Å². The highest BCUT2D eigenvalue weighted by atomic mass is 35.5. The molecule has 5 rings (SSSR count). The van der Waals surface area contributed by atoms with Crippen molar-refractivity contribution in [2.24, 2.45) is 0 Å². The van der Waals surface area contributed by atoms with Crippen LogP contribution in [0.1, 0.15) is 33.5 Å². The molecule has 3 heterocycles. The summed E-state index contributed by atoms with van der Waals surface area (Å²) in [7, 11) is 0. The summed E-state index contributed by atoms with van der Waals surface area (Å²) in [6.07, 6.45) is 3.50. The fourth-order valence-corrected chi connectivity index (χ4v) is 4.06. The van der Waals surface area contributed by atoms with Gasteiger partial charge < -0.3 is 14.6 Å². The van der Waals surface area contributed by atoms with Gasteiger partial charge in [-0.1, -0.05) is 35.9 Å². The summed E-state index contributed by atoms with van der Waals surface area (Å²) in [5, 5.41) is 8.01.